The van der Waals surface area contributed by atoms with E-state index in [-0.39, 0.29) is 6.42 Å². The Bertz CT molecular complexity index is 914. The van der Waals surface area contributed by atoms with Gasteiger partial charge in [0.1, 0.15) is 29.3 Å². The number of benzene rings is 2. The molecule has 1 amide bonds. The van der Waals surface area contributed by atoms with Gasteiger partial charge in [0, 0.05) is 12.5 Å². The first-order valence-corrected chi connectivity index (χ1v) is 8.96. The molecule has 0 fully saturated rings. The average molecular weight is 446 g/mol. The molecule has 2 aromatic carbocycles. The van der Waals surface area contributed by atoms with Crippen molar-refractivity contribution in [2.75, 3.05) is 0 Å². The van der Waals surface area contributed by atoms with Gasteiger partial charge in [-0.15, -0.1) is 0 Å². The Morgan fingerprint density at radius 1 is 1.00 bits per heavy atom. The number of carbonyl (C=O) groups is 2. The van der Waals surface area contributed by atoms with Gasteiger partial charge in [-0.05, 0) is 29.7 Å². The van der Waals surface area contributed by atoms with Crippen LogP contribution in [0.25, 0.3) is 0 Å². The van der Waals surface area contributed by atoms with Gasteiger partial charge >= 0.3 is 12.1 Å². The summed E-state index contributed by atoms with van der Waals surface area (Å²) in [5.41, 5.74) is 3.97. The number of carboxylic acids is 1. The molecule has 0 aliphatic heterocycles. The number of halogens is 5. The molecule has 0 radical (unpaired) electrons. The summed E-state index contributed by atoms with van der Waals surface area (Å²) >= 11 is 0. The highest BCUT2D eigenvalue weighted by Crippen LogP contribution is 2.34. The Balaban J connectivity index is 2.11. The van der Waals surface area contributed by atoms with Crippen LogP contribution in [0.15, 0.2) is 42.5 Å². The number of hydrogen-bond donors (Lipinski definition) is 4. The molecule has 0 aliphatic rings. The van der Waals surface area contributed by atoms with Crippen molar-refractivity contribution in [1.29, 1.82) is 0 Å². The maximum Gasteiger partial charge on any atom is 0.422 e. The van der Waals surface area contributed by atoms with Crippen molar-refractivity contribution in [3.63, 3.8) is 0 Å². The molecule has 0 heterocycles. The predicted molar refractivity (Wildman–Crippen MR) is 98.8 cm³/mol. The fourth-order valence-electron chi connectivity index (χ4n) is 2.90. The SMILES string of the molecule is N[C@H](Cc1ccccc1)[C@H](O)C(=O)N[C@@H](Cc1cc(F)c(C(F)(F)F)c(F)c1)C(=O)O. The predicted octanol–water partition coefficient (Wildman–Crippen LogP) is 2.03. The van der Waals surface area contributed by atoms with E-state index in [1.807, 2.05) is 5.32 Å². The average Bonchev–Trinajstić information content (AvgIpc) is 2.65. The van der Waals surface area contributed by atoms with E-state index in [0.29, 0.717) is 17.7 Å². The summed E-state index contributed by atoms with van der Waals surface area (Å²) in [6, 6.07) is 6.42. The summed E-state index contributed by atoms with van der Waals surface area (Å²) in [7, 11) is 0. The van der Waals surface area contributed by atoms with Crippen LogP contribution in [-0.4, -0.2) is 40.3 Å². The molecule has 0 bridgehead atoms. The molecule has 3 atom stereocenters. The fraction of sp³-hybridized carbons (Fsp3) is 0.300. The lowest BCUT2D eigenvalue weighted by atomic mass is 10.00. The molecule has 0 saturated carbocycles. The van der Waals surface area contributed by atoms with Gasteiger partial charge in [-0.3, -0.25) is 4.79 Å². The molecular weight excluding hydrogens is 427 g/mol. The minimum atomic E-state index is -5.27. The van der Waals surface area contributed by atoms with Crippen LogP contribution >= 0.6 is 0 Å². The summed E-state index contributed by atoms with van der Waals surface area (Å²) in [6.45, 7) is 0. The molecule has 11 heteroatoms. The summed E-state index contributed by atoms with van der Waals surface area (Å²) in [5, 5.41) is 21.3. The van der Waals surface area contributed by atoms with Gasteiger partial charge in [0.15, 0.2) is 0 Å². The molecule has 5 N–H and O–H groups in total. The highest BCUT2D eigenvalue weighted by Gasteiger charge is 2.38. The van der Waals surface area contributed by atoms with Crippen molar-refractivity contribution in [3.05, 3.63) is 70.8 Å². The van der Waals surface area contributed by atoms with Crippen LogP contribution in [0.5, 0.6) is 0 Å². The number of rotatable bonds is 8. The number of aliphatic hydroxyl groups is 1. The Hall–Kier alpha value is -3.05. The van der Waals surface area contributed by atoms with Gasteiger partial charge in [0.2, 0.25) is 0 Å². The van der Waals surface area contributed by atoms with Crippen molar-refractivity contribution in [2.45, 2.75) is 37.2 Å². The van der Waals surface area contributed by atoms with Gasteiger partial charge < -0.3 is 21.3 Å². The summed E-state index contributed by atoms with van der Waals surface area (Å²) in [6.07, 6.45) is -7.70. The quantitative estimate of drug-likeness (QED) is 0.464. The van der Waals surface area contributed by atoms with Crippen LogP contribution in [0.3, 0.4) is 0 Å². The van der Waals surface area contributed by atoms with Crippen LogP contribution in [0.1, 0.15) is 16.7 Å². The highest BCUT2D eigenvalue weighted by atomic mass is 19.4. The van der Waals surface area contributed by atoms with Crippen molar-refractivity contribution in [1.82, 2.24) is 5.32 Å². The third-order valence-corrected chi connectivity index (χ3v) is 4.43. The molecule has 2 aromatic rings. The zero-order valence-electron chi connectivity index (χ0n) is 15.9. The molecule has 31 heavy (non-hydrogen) atoms. The maximum absolute atomic E-state index is 13.7. The second-order valence-corrected chi connectivity index (χ2v) is 6.83. The molecule has 168 valence electrons. The van der Waals surface area contributed by atoms with Crippen molar-refractivity contribution >= 4 is 11.9 Å². The maximum atomic E-state index is 13.7. The number of carboxylic acid groups (broad SMARTS) is 1. The normalized spacial score (nSPS) is 14.5. The molecule has 0 spiro atoms. The first kappa shape index (κ1) is 24.2. The van der Waals surface area contributed by atoms with E-state index >= 15 is 0 Å². The van der Waals surface area contributed by atoms with E-state index in [9.17, 15) is 41.8 Å². The van der Waals surface area contributed by atoms with Crippen LogP contribution in [0.2, 0.25) is 0 Å². The second kappa shape index (κ2) is 9.84. The number of nitrogens with one attached hydrogen (secondary N) is 1. The van der Waals surface area contributed by atoms with Crippen molar-refractivity contribution in [2.24, 2.45) is 5.73 Å². The first-order valence-electron chi connectivity index (χ1n) is 8.96. The van der Waals surface area contributed by atoms with Gasteiger partial charge in [-0.25, -0.2) is 13.6 Å². The van der Waals surface area contributed by atoms with Gasteiger partial charge in [0.25, 0.3) is 5.91 Å². The molecule has 0 aliphatic carbocycles. The second-order valence-electron chi connectivity index (χ2n) is 6.83. The number of carbonyl (C=O) groups excluding carboxylic acids is 1. The minimum Gasteiger partial charge on any atom is -0.480 e. The van der Waals surface area contributed by atoms with Crippen LogP contribution in [0.4, 0.5) is 22.0 Å². The number of alkyl halides is 3. The molecule has 6 nitrogen and oxygen atoms in total. The Labute approximate surface area is 173 Å². The van der Waals surface area contributed by atoms with Gasteiger partial charge in [0.05, 0.1) is 0 Å². The van der Waals surface area contributed by atoms with Gasteiger partial charge in [-0.2, -0.15) is 13.2 Å². The number of aliphatic carboxylic acids is 1. The largest absolute Gasteiger partial charge is 0.480 e. The van der Waals surface area contributed by atoms with Crippen LogP contribution in [-0.2, 0) is 28.6 Å². The Kier molecular flexibility index (Phi) is 7.69. The van der Waals surface area contributed by atoms with Crippen LogP contribution < -0.4 is 11.1 Å². The zero-order chi connectivity index (χ0) is 23.3. The van der Waals surface area contributed by atoms with E-state index < -0.39 is 65.4 Å². The summed E-state index contributed by atoms with van der Waals surface area (Å²) in [5.74, 6) is -6.60. The summed E-state index contributed by atoms with van der Waals surface area (Å²) < 4.78 is 65.4. The Morgan fingerprint density at radius 3 is 2.03 bits per heavy atom. The van der Waals surface area contributed by atoms with Gasteiger partial charge in [-0.1, -0.05) is 30.3 Å². The lowest BCUT2D eigenvalue weighted by Crippen LogP contribution is -2.52. The third-order valence-electron chi connectivity index (χ3n) is 4.43. The zero-order valence-corrected chi connectivity index (χ0v) is 15.9. The molecule has 0 unspecified atom stereocenters. The van der Waals surface area contributed by atoms with E-state index in [1.54, 1.807) is 30.3 Å². The fourth-order valence-corrected chi connectivity index (χ4v) is 2.90. The third kappa shape index (κ3) is 6.46. The molecular formula is C20H19F5N2O4. The topological polar surface area (TPSA) is 113 Å². The van der Waals surface area contributed by atoms with E-state index in [4.69, 9.17) is 5.73 Å². The minimum absolute atomic E-state index is 0.0997. The smallest absolute Gasteiger partial charge is 0.422 e. The lowest BCUT2D eigenvalue weighted by molar-refractivity contribution is -0.144. The lowest BCUT2D eigenvalue weighted by Gasteiger charge is -2.21. The monoisotopic (exact) mass is 446 g/mol. The summed E-state index contributed by atoms with van der Waals surface area (Å²) in [4.78, 5) is 23.6. The molecule has 2 rings (SSSR count). The standard InChI is InChI=1S/C20H19F5N2O4/c21-12-6-11(7-13(22)16(12)20(23,24)25)9-15(19(30)31)27-18(29)17(28)14(26)8-10-4-2-1-3-5-10/h1-7,14-15,17,28H,8-9,26H2,(H,27,29)(H,30,31)/t14-,15+,17+/m1/s1. The Morgan fingerprint density at radius 2 is 1.55 bits per heavy atom. The van der Waals surface area contributed by atoms with E-state index in [2.05, 4.69) is 0 Å². The van der Waals surface area contributed by atoms with Crippen molar-refractivity contribution in [3.8, 4) is 0 Å². The van der Waals surface area contributed by atoms with Crippen LogP contribution in [0, 0.1) is 11.6 Å². The number of amides is 1. The molecule has 0 aromatic heterocycles. The first-order chi connectivity index (χ1) is 14.4. The number of aliphatic hydroxyl groups excluding tert-OH is 1. The van der Waals surface area contributed by atoms with E-state index in [1.165, 1.54) is 0 Å². The van der Waals surface area contributed by atoms with E-state index in [0.717, 1.165) is 0 Å². The highest BCUT2D eigenvalue weighted by molar-refractivity contribution is 5.86. The van der Waals surface area contributed by atoms with Crippen molar-refractivity contribution < 1.29 is 41.8 Å². The number of hydrogen-bond acceptors (Lipinski definition) is 4. The molecule has 0 saturated heterocycles. The number of nitrogens with two attached hydrogens (primary N) is 1.